The van der Waals surface area contributed by atoms with E-state index in [4.69, 9.17) is 9.72 Å². The summed E-state index contributed by atoms with van der Waals surface area (Å²) in [6.45, 7) is 3.91. The first-order valence-corrected chi connectivity index (χ1v) is 11.1. The summed E-state index contributed by atoms with van der Waals surface area (Å²) in [5.41, 5.74) is 4.03. The molecule has 0 saturated heterocycles. The van der Waals surface area contributed by atoms with Gasteiger partial charge in [0.1, 0.15) is 5.01 Å². The summed E-state index contributed by atoms with van der Waals surface area (Å²) in [4.78, 5) is 30.5. The Bertz CT molecular complexity index is 893. The zero-order chi connectivity index (χ0) is 20.4. The molecule has 7 heteroatoms. The standard InChI is InChI=1S/C22H27N3O3S/c1-13-11-15(20(26)24-16-6-3-14(4-7-16)22(27)28-2)5-8-17(13)21-25-18-9-10-23-12-19(18)29-21/h5,8,11,14,16,23H,3-4,6-7,9-10,12H2,1-2H3,(H,24,26). The third kappa shape index (κ3) is 4.36. The summed E-state index contributed by atoms with van der Waals surface area (Å²) >= 11 is 1.74. The number of nitrogens with one attached hydrogen (secondary N) is 2. The first-order valence-electron chi connectivity index (χ1n) is 10.2. The molecule has 0 spiro atoms. The molecule has 1 aliphatic carbocycles. The smallest absolute Gasteiger partial charge is 0.308 e. The van der Waals surface area contributed by atoms with Crippen molar-refractivity contribution in [1.82, 2.24) is 15.6 Å². The third-order valence-electron chi connectivity index (χ3n) is 5.92. The van der Waals surface area contributed by atoms with Crippen molar-refractivity contribution in [3.63, 3.8) is 0 Å². The largest absolute Gasteiger partial charge is 0.469 e. The van der Waals surface area contributed by atoms with Crippen LogP contribution < -0.4 is 10.6 Å². The van der Waals surface area contributed by atoms with Crippen molar-refractivity contribution < 1.29 is 14.3 Å². The number of aromatic nitrogens is 1. The molecule has 0 radical (unpaired) electrons. The highest BCUT2D eigenvalue weighted by molar-refractivity contribution is 7.15. The van der Waals surface area contributed by atoms with Crippen molar-refractivity contribution in [2.45, 2.75) is 51.6 Å². The second kappa shape index (κ2) is 8.63. The van der Waals surface area contributed by atoms with Gasteiger partial charge in [0.25, 0.3) is 5.91 Å². The lowest BCUT2D eigenvalue weighted by Crippen LogP contribution is -2.38. The summed E-state index contributed by atoms with van der Waals surface area (Å²) in [6.07, 6.45) is 4.12. The third-order valence-corrected chi connectivity index (χ3v) is 7.05. The van der Waals surface area contributed by atoms with E-state index in [9.17, 15) is 9.59 Å². The lowest BCUT2D eigenvalue weighted by molar-refractivity contribution is -0.146. The lowest BCUT2D eigenvalue weighted by atomic mass is 9.86. The Morgan fingerprint density at radius 3 is 2.72 bits per heavy atom. The first kappa shape index (κ1) is 20.0. The van der Waals surface area contributed by atoms with Gasteiger partial charge in [-0.1, -0.05) is 6.07 Å². The van der Waals surface area contributed by atoms with Crippen LogP contribution in [0.25, 0.3) is 10.6 Å². The van der Waals surface area contributed by atoms with Crippen LogP contribution in [0.15, 0.2) is 18.2 Å². The van der Waals surface area contributed by atoms with Gasteiger partial charge in [0.05, 0.1) is 18.7 Å². The van der Waals surface area contributed by atoms with E-state index in [0.717, 1.165) is 61.3 Å². The first-order chi connectivity index (χ1) is 14.0. The van der Waals surface area contributed by atoms with Gasteiger partial charge in [-0.15, -0.1) is 11.3 Å². The van der Waals surface area contributed by atoms with Crippen LogP contribution >= 0.6 is 11.3 Å². The number of esters is 1. The molecule has 2 aromatic rings. The number of hydrogen-bond donors (Lipinski definition) is 2. The number of rotatable bonds is 4. The average Bonchev–Trinajstić information content (AvgIpc) is 3.17. The molecule has 2 heterocycles. The summed E-state index contributed by atoms with van der Waals surface area (Å²) in [6, 6.07) is 5.96. The van der Waals surface area contributed by atoms with Crippen molar-refractivity contribution in [2.24, 2.45) is 5.92 Å². The number of methoxy groups -OCH3 is 1. The van der Waals surface area contributed by atoms with E-state index in [0.29, 0.717) is 5.56 Å². The molecule has 2 aliphatic rings. The summed E-state index contributed by atoms with van der Waals surface area (Å²) in [5.74, 6) is -0.224. The predicted octanol–water partition coefficient (Wildman–Crippen LogP) is 3.23. The van der Waals surface area contributed by atoms with E-state index >= 15 is 0 Å². The van der Waals surface area contributed by atoms with Gasteiger partial charge in [-0.25, -0.2) is 4.98 Å². The van der Waals surface area contributed by atoms with Crippen molar-refractivity contribution >= 4 is 23.2 Å². The number of fused-ring (bicyclic) bond motifs is 1. The number of aryl methyl sites for hydroxylation is 1. The van der Waals surface area contributed by atoms with Crippen LogP contribution in [0.3, 0.4) is 0 Å². The van der Waals surface area contributed by atoms with Crippen molar-refractivity contribution in [3.8, 4) is 10.6 Å². The molecular formula is C22H27N3O3S. The number of carbonyl (C=O) groups excluding carboxylic acids is 2. The van der Waals surface area contributed by atoms with E-state index in [-0.39, 0.29) is 23.8 Å². The number of benzene rings is 1. The van der Waals surface area contributed by atoms with Gasteiger partial charge < -0.3 is 15.4 Å². The van der Waals surface area contributed by atoms with E-state index in [1.165, 1.54) is 17.7 Å². The average molecular weight is 414 g/mol. The number of hydrogen-bond acceptors (Lipinski definition) is 6. The molecule has 2 N–H and O–H groups in total. The summed E-state index contributed by atoms with van der Waals surface area (Å²) < 4.78 is 4.83. The maximum Gasteiger partial charge on any atom is 0.308 e. The van der Waals surface area contributed by atoms with Crippen molar-refractivity contribution in [3.05, 3.63) is 39.9 Å². The van der Waals surface area contributed by atoms with Crippen LogP contribution in [-0.4, -0.2) is 36.6 Å². The van der Waals surface area contributed by atoms with Gasteiger partial charge in [0, 0.05) is 41.6 Å². The second-order valence-corrected chi connectivity index (χ2v) is 8.97. The Balaban J connectivity index is 1.41. The highest BCUT2D eigenvalue weighted by Crippen LogP contribution is 2.32. The number of carbonyl (C=O) groups is 2. The van der Waals surface area contributed by atoms with E-state index in [2.05, 4.69) is 10.6 Å². The van der Waals surface area contributed by atoms with Gasteiger partial charge in [-0.2, -0.15) is 0 Å². The fraction of sp³-hybridized carbons (Fsp3) is 0.500. The monoisotopic (exact) mass is 413 g/mol. The Labute approximate surface area is 175 Å². The highest BCUT2D eigenvalue weighted by Gasteiger charge is 2.28. The number of ether oxygens (including phenoxy) is 1. The SMILES string of the molecule is COC(=O)C1CCC(NC(=O)c2ccc(-c3nc4c(s3)CNCC4)c(C)c2)CC1. The second-order valence-electron chi connectivity index (χ2n) is 7.89. The minimum Gasteiger partial charge on any atom is -0.469 e. The van der Waals surface area contributed by atoms with Gasteiger partial charge in [-0.05, 0) is 50.3 Å². The van der Waals surface area contributed by atoms with Crippen LogP contribution in [0.4, 0.5) is 0 Å². The molecule has 1 aromatic carbocycles. The molecule has 1 fully saturated rings. The van der Waals surface area contributed by atoms with E-state index in [1.54, 1.807) is 11.3 Å². The summed E-state index contributed by atoms with van der Waals surface area (Å²) in [5, 5.41) is 7.55. The van der Waals surface area contributed by atoms with Crippen LogP contribution in [0.1, 0.15) is 52.2 Å². The van der Waals surface area contributed by atoms with E-state index in [1.807, 2.05) is 25.1 Å². The molecule has 1 aromatic heterocycles. The lowest BCUT2D eigenvalue weighted by Gasteiger charge is -2.27. The highest BCUT2D eigenvalue weighted by atomic mass is 32.1. The Morgan fingerprint density at radius 1 is 1.24 bits per heavy atom. The zero-order valence-electron chi connectivity index (χ0n) is 16.9. The Hall–Kier alpha value is -2.25. The molecule has 1 saturated carbocycles. The van der Waals surface area contributed by atoms with Crippen LogP contribution in [-0.2, 0) is 22.5 Å². The molecular weight excluding hydrogens is 386 g/mol. The maximum absolute atomic E-state index is 12.7. The molecule has 0 atom stereocenters. The van der Waals surface area contributed by atoms with Gasteiger partial charge in [0.2, 0.25) is 0 Å². The van der Waals surface area contributed by atoms with Crippen molar-refractivity contribution in [1.29, 1.82) is 0 Å². The predicted molar refractivity (Wildman–Crippen MR) is 113 cm³/mol. The number of thiazole rings is 1. The quantitative estimate of drug-likeness (QED) is 0.753. The molecule has 154 valence electrons. The minimum atomic E-state index is -0.138. The van der Waals surface area contributed by atoms with E-state index < -0.39 is 0 Å². The van der Waals surface area contributed by atoms with Gasteiger partial charge >= 0.3 is 5.97 Å². The molecule has 1 aliphatic heterocycles. The van der Waals surface area contributed by atoms with Crippen LogP contribution in [0, 0.1) is 12.8 Å². The fourth-order valence-corrected chi connectivity index (χ4v) is 5.36. The van der Waals surface area contributed by atoms with Crippen molar-refractivity contribution in [2.75, 3.05) is 13.7 Å². The maximum atomic E-state index is 12.7. The van der Waals surface area contributed by atoms with Crippen LogP contribution in [0.2, 0.25) is 0 Å². The molecule has 0 unspecified atom stereocenters. The van der Waals surface area contributed by atoms with Gasteiger partial charge in [0.15, 0.2) is 0 Å². The number of nitrogens with zero attached hydrogens (tertiary/aromatic N) is 1. The number of amides is 1. The normalized spacial score (nSPS) is 21.3. The molecule has 0 bridgehead atoms. The molecule has 4 rings (SSSR count). The molecule has 6 nitrogen and oxygen atoms in total. The fourth-order valence-electron chi connectivity index (χ4n) is 4.19. The Kier molecular flexibility index (Phi) is 5.96. The van der Waals surface area contributed by atoms with Crippen LogP contribution in [0.5, 0.6) is 0 Å². The zero-order valence-corrected chi connectivity index (χ0v) is 17.7. The minimum absolute atomic E-state index is 0.0333. The topological polar surface area (TPSA) is 80.3 Å². The molecule has 29 heavy (non-hydrogen) atoms. The summed E-state index contributed by atoms with van der Waals surface area (Å²) in [7, 11) is 1.43. The van der Waals surface area contributed by atoms with Gasteiger partial charge in [-0.3, -0.25) is 9.59 Å². The molecule has 1 amide bonds. The Morgan fingerprint density at radius 2 is 2.03 bits per heavy atom.